The van der Waals surface area contributed by atoms with Crippen molar-refractivity contribution >= 4 is 21.6 Å². The standard InChI is InChI=1S/C19H23FN2O4S/c1-4-22(5-2)27(24,25)18-13-14(7-12-17(18)20)19(23)21-15-8-10-16(11-9-15)26-6-3/h7-13H,4-6H2,1-3H3,(H,21,23). The second-order valence-corrected chi connectivity index (χ2v) is 7.55. The molecule has 6 nitrogen and oxygen atoms in total. The molecule has 146 valence electrons. The molecule has 0 radical (unpaired) electrons. The van der Waals surface area contributed by atoms with Crippen molar-refractivity contribution in [1.29, 1.82) is 0 Å². The summed E-state index contributed by atoms with van der Waals surface area (Å²) in [7, 11) is -4.01. The van der Waals surface area contributed by atoms with Gasteiger partial charge in [-0.15, -0.1) is 0 Å². The van der Waals surface area contributed by atoms with E-state index in [0.29, 0.717) is 18.0 Å². The molecule has 0 saturated heterocycles. The third-order valence-electron chi connectivity index (χ3n) is 3.94. The fraction of sp³-hybridized carbons (Fsp3) is 0.316. The van der Waals surface area contributed by atoms with Crippen LogP contribution in [0.15, 0.2) is 47.4 Å². The van der Waals surface area contributed by atoms with Gasteiger partial charge in [-0.05, 0) is 49.4 Å². The minimum absolute atomic E-state index is 0.0519. The van der Waals surface area contributed by atoms with Crippen molar-refractivity contribution < 1.29 is 22.3 Å². The van der Waals surface area contributed by atoms with Crippen LogP contribution in [-0.2, 0) is 10.0 Å². The fourth-order valence-electron chi connectivity index (χ4n) is 2.55. The zero-order chi connectivity index (χ0) is 20.0. The summed E-state index contributed by atoms with van der Waals surface area (Å²) in [5.41, 5.74) is 0.567. The Bertz CT molecular complexity index is 894. The van der Waals surface area contributed by atoms with Crippen LogP contribution in [0, 0.1) is 5.82 Å². The molecule has 0 aliphatic carbocycles. The molecule has 1 amide bonds. The lowest BCUT2D eigenvalue weighted by atomic mass is 10.2. The smallest absolute Gasteiger partial charge is 0.255 e. The Balaban J connectivity index is 2.27. The van der Waals surface area contributed by atoms with E-state index >= 15 is 0 Å². The predicted molar refractivity (Wildman–Crippen MR) is 102 cm³/mol. The van der Waals surface area contributed by atoms with Crippen molar-refractivity contribution in [2.24, 2.45) is 0 Å². The van der Waals surface area contributed by atoms with Gasteiger partial charge in [0.25, 0.3) is 5.91 Å². The van der Waals surface area contributed by atoms with E-state index in [2.05, 4.69) is 5.32 Å². The summed E-state index contributed by atoms with van der Waals surface area (Å²) in [5.74, 6) is -0.750. The molecule has 0 aliphatic rings. The van der Waals surface area contributed by atoms with Crippen LogP contribution in [-0.4, -0.2) is 38.3 Å². The highest BCUT2D eigenvalue weighted by atomic mass is 32.2. The number of hydrogen-bond donors (Lipinski definition) is 1. The number of hydrogen-bond acceptors (Lipinski definition) is 4. The highest BCUT2D eigenvalue weighted by molar-refractivity contribution is 7.89. The number of carbonyl (C=O) groups is 1. The fourth-order valence-corrected chi connectivity index (χ4v) is 4.10. The summed E-state index contributed by atoms with van der Waals surface area (Å²) in [6, 6.07) is 10.1. The molecular formula is C19H23FN2O4S. The van der Waals surface area contributed by atoms with Gasteiger partial charge in [-0.25, -0.2) is 12.8 Å². The maximum absolute atomic E-state index is 14.2. The minimum Gasteiger partial charge on any atom is -0.494 e. The van der Waals surface area contributed by atoms with E-state index in [1.807, 2.05) is 6.92 Å². The largest absolute Gasteiger partial charge is 0.494 e. The van der Waals surface area contributed by atoms with Crippen molar-refractivity contribution in [3.63, 3.8) is 0 Å². The number of sulfonamides is 1. The number of amides is 1. The summed E-state index contributed by atoms with van der Waals surface area (Å²) in [6.07, 6.45) is 0. The van der Waals surface area contributed by atoms with Crippen molar-refractivity contribution in [3.05, 3.63) is 53.8 Å². The lowest BCUT2D eigenvalue weighted by molar-refractivity contribution is 0.102. The number of anilines is 1. The van der Waals surface area contributed by atoms with Crippen LogP contribution < -0.4 is 10.1 Å². The van der Waals surface area contributed by atoms with Crippen molar-refractivity contribution in [3.8, 4) is 5.75 Å². The molecule has 2 aromatic rings. The molecule has 0 fully saturated rings. The van der Waals surface area contributed by atoms with Gasteiger partial charge >= 0.3 is 0 Å². The van der Waals surface area contributed by atoms with E-state index in [1.165, 1.54) is 6.07 Å². The summed E-state index contributed by atoms with van der Waals surface area (Å²) < 4.78 is 45.8. The molecule has 8 heteroatoms. The summed E-state index contributed by atoms with van der Waals surface area (Å²) >= 11 is 0. The molecule has 0 aliphatic heterocycles. The first-order chi connectivity index (χ1) is 12.8. The zero-order valence-corrected chi connectivity index (χ0v) is 16.3. The topological polar surface area (TPSA) is 75.7 Å². The van der Waals surface area contributed by atoms with Gasteiger partial charge in [0.2, 0.25) is 10.0 Å². The van der Waals surface area contributed by atoms with Crippen LogP contribution in [0.3, 0.4) is 0 Å². The van der Waals surface area contributed by atoms with Crippen LogP contribution in [0.1, 0.15) is 31.1 Å². The predicted octanol–water partition coefficient (Wildman–Crippen LogP) is 3.51. The number of carbonyl (C=O) groups excluding carboxylic acids is 1. The van der Waals surface area contributed by atoms with Crippen molar-refractivity contribution in [2.45, 2.75) is 25.7 Å². The van der Waals surface area contributed by atoms with E-state index < -0.39 is 26.6 Å². The first-order valence-electron chi connectivity index (χ1n) is 8.67. The molecule has 0 unspecified atom stereocenters. The van der Waals surface area contributed by atoms with Crippen molar-refractivity contribution in [1.82, 2.24) is 4.31 Å². The van der Waals surface area contributed by atoms with Crippen LogP contribution in [0.5, 0.6) is 5.75 Å². The van der Waals surface area contributed by atoms with Gasteiger partial charge < -0.3 is 10.1 Å². The quantitative estimate of drug-likeness (QED) is 0.743. The Labute approximate surface area is 159 Å². The van der Waals surface area contributed by atoms with Gasteiger partial charge in [0.05, 0.1) is 6.61 Å². The zero-order valence-electron chi connectivity index (χ0n) is 15.5. The van der Waals surface area contributed by atoms with Gasteiger partial charge in [-0.3, -0.25) is 4.79 Å². The second kappa shape index (κ2) is 8.96. The Hall–Kier alpha value is -2.45. The highest BCUT2D eigenvalue weighted by Crippen LogP contribution is 2.22. The van der Waals surface area contributed by atoms with Gasteiger partial charge in [-0.1, -0.05) is 13.8 Å². The van der Waals surface area contributed by atoms with E-state index in [9.17, 15) is 17.6 Å². The average molecular weight is 394 g/mol. The third kappa shape index (κ3) is 4.84. The Kier molecular flexibility index (Phi) is 6.92. The maximum atomic E-state index is 14.2. The molecule has 0 heterocycles. The molecule has 27 heavy (non-hydrogen) atoms. The number of nitrogens with one attached hydrogen (secondary N) is 1. The molecular weight excluding hydrogens is 371 g/mol. The minimum atomic E-state index is -4.01. The van der Waals surface area contributed by atoms with Crippen LogP contribution in [0.25, 0.3) is 0 Å². The second-order valence-electron chi connectivity index (χ2n) is 5.65. The lowest BCUT2D eigenvalue weighted by Gasteiger charge is -2.19. The summed E-state index contributed by atoms with van der Waals surface area (Å²) in [4.78, 5) is 11.9. The van der Waals surface area contributed by atoms with Gasteiger partial charge in [0.15, 0.2) is 0 Å². The number of nitrogens with zero attached hydrogens (tertiary/aromatic N) is 1. The number of benzene rings is 2. The van der Waals surface area contributed by atoms with Gasteiger partial charge in [0.1, 0.15) is 16.5 Å². The summed E-state index contributed by atoms with van der Waals surface area (Å²) in [5, 5.41) is 2.66. The monoisotopic (exact) mass is 394 g/mol. The van der Waals surface area contributed by atoms with E-state index in [4.69, 9.17) is 4.74 Å². The van der Waals surface area contributed by atoms with Crippen LogP contribution in [0.2, 0.25) is 0 Å². The molecule has 0 saturated carbocycles. The Morgan fingerprint density at radius 2 is 1.70 bits per heavy atom. The molecule has 0 aromatic heterocycles. The van der Waals surface area contributed by atoms with E-state index in [1.54, 1.807) is 38.1 Å². The van der Waals surface area contributed by atoms with Crippen LogP contribution >= 0.6 is 0 Å². The van der Waals surface area contributed by atoms with Crippen molar-refractivity contribution in [2.75, 3.05) is 25.0 Å². The Morgan fingerprint density at radius 3 is 2.26 bits per heavy atom. The first kappa shape index (κ1) is 20.9. The number of rotatable bonds is 8. The van der Waals surface area contributed by atoms with E-state index in [0.717, 1.165) is 16.4 Å². The van der Waals surface area contributed by atoms with Crippen LogP contribution in [0.4, 0.5) is 10.1 Å². The van der Waals surface area contributed by atoms with E-state index in [-0.39, 0.29) is 18.7 Å². The third-order valence-corrected chi connectivity index (χ3v) is 6.00. The number of ether oxygens (including phenoxy) is 1. The molecule has 0 atom stereocenters. The molecule has 2 aromatic carbocycles. The SMILES string of the molecule is CCOc1ccc(NC(=O)c2ccc(F)c(S(=O)(=O)N(CC)CC)c2)cc1. The van der Waals surface area contributed by atoms with Gasteiger partial charge in [-0.2, -0.15) is 4.31 Å². The molecule has 0 spiro atoms. The first-order valence-corrected chi connectivity index (χ1v) is 10.1. The molecule has 2 rings (SSSR count). The molecule has 1 N–H and O–H groups in total. The normalized spacial score (nSPS) is 11.4. The Morgan fingerprint density at radius 1 is 1.07 bits per heavy atom. The average Bonchev–Trinajstić information content (AvgIpc) is 2.64. The molecule has 0 bridgehead atoms. The summed E-state index contributed by atoms with van der Waals surface area (Å²) in [6.45, 7) is 6.16. The van der Waals surface area contributed by atoms with Gasteiger partial charge in [0, 0.05) is 24.3 Å². The maximum Gasteiger partial charge on any atom is 0.255 e. The number of halogens is 1. The highest BCUT2D eigenvalue weighted by Gasteiger charge is 2.26. The lowest BCUT2D eigenvalue weighted by Crippen LogP contribution is -2.31.